The maximum Gasteiger partial charge on any atom is 0.355 e. The van der Waals surface area contributed by atoms with Gasteiger partial charge in [-0.3, -0.25) is 9.59 Å². The lowest BCUT2D eigenvalue weighted by molar-refractivity contribution is -0.139. The number of benzene rings is 2. The van der Waals surface area contributed by atoms with Gasteiger partial charge in [0.1, 0.15) is 5.70 Å². The monoisotopic (exact) mass is 337 g/mol. The van der Waals surface area contributed by atoms with E-state index in [1.54, 1.807) is 55.5 Å². The number of hydrogen-bond donors (Lipinski definition) is 0. The lowest BCUT2D eigenvalue weighted by atomic mass is 10.1. The maximum absolute atomic E-state index is 12.7. The Morgan fingerprint density at radius 1 is 1.12 bits per heavy atom. The Hall–Kier alpha value is -3.21. The van der Waals surface area contributed by atoms with E-state index < -0.39 is 17.8 Å². The van der Waals surface area contributed by atoms with Gasteiger partial charge in [-0.2, -0.15) is 0 Å². The van der Waals surface area contributed by atoms with E-state index in [9.17, 15) is 14.4 Å². The summed E-state index contributed by atoms with van der Waals surface area (Å²) in [6.45, 7) is 1.86. The van der Waals surface area contributed by atoms with Crippen molar-refractivity contribution in [2.75, 3.05) is 6.61 Å². The van der Waals surface area contributed by atoms with Crippen LogP contribution in [0.3, 0.4) is 0 Å². The summed E-state index contributed by atoms with van der Waals surface area (Å²) in [5.41, 5.74) is 1.74. The van der Waals surface area contributed by atoms with Crippen LogP contribution in [0.5, 0.6) is 0 Å². The van der Waals surface area contributed by atoms with Crippen LogP contribution in [-0.4, -0.2) is 29.3 Å². The molecule has 0 aliphatic carbocycles. The smallest absolute Gasteiger partial charge is 0.355 e. The van der Waals surface area contributed by atoms with Crippen molar-refractivity contribution in [3.05, 3.63) is 76.5 Å². The van der Waals surface area contributed by atoms with E-state index in [4.69, 9.17) is 6.11 Å². The van der Waals surface area contributed by atoms with Crippen LogP contribution in [0.2, 0.25) is 0 Å². The molecule has 0 unspecified atom stereocenters. The number of esters is 1. The second-order valence-electron chi connectivity index (χ2n) is 5.49. The minimum Gasteiger partial charge on any atom is -0.461 e. The lowest BCUT2D eigenvalue weighted by Crippen LogP contribution is -2.33. The summed E-state index contributed by atoms with van der Waals surface area (Å²) in [6, 6.07) is 13.4. The minimum atomic E-state index is -0.752. The van der Waals surface area contributed by atoms with Gasteiger partial charge in [0.25, 0.3) is 11.8 Å². The van der Waals surface area contributed by atoms with Gasteiger partial charge in [-0.15, -0.1) is 0 Å². The van der Waals surface area contributed by atoms with Crippen molar-refractivity contribution < 1.29 is 20.5 Å². The number of hydrogen-bond acceptors (Lipinski definition) is 4. The molecule has 0 bridgehead atoms. The molecule has 0 fully saturated rings. The minimum absolute atomic E-state index is 0.0867. The Kier molecular flexibility index (Phi) is 4.12. The molecule has 1 aliphatic heterocycles. The molecule has 3 rings (SSSR count). The number of nitrogens with zero attached hydrogens (tertiary/aromatic N) is 1. The van der Waals surface area contributed by atoms with Gasteiger partial charge in [-0.1, -0.05) is 42.0 Å². The average molecular weight is 337 g/mol. The first-order valence-electron chi connectivity index (χ1n) is 8.52. The molecule has 2 aromatic rings. The molecule has 5 heteroatoms. The molecule has 0 spiro atoms. The molecule has 0 saturated heterocycles. The number of carbonyl (C=O) groups is 3. The number of carbonyl (C=O) groups excluding carboxylic acids is 3. The van der Waals surface area contributed by atoms with Gasteiger partial charge < -0.3 is 4.74 Å². The van der Waals surface area contributed by atoms with E-state index in [0.717, 1.165) is 10.5 Å². The van der Waals surface area contributed by atoms with E-state index in [1.165, 1.54) is 6.08 Å². The van der Waals surface area contributed by atoms with Crippen LogP contribution >= 0.6 is 0 Å². The molecule has 2 aromatic carbocycles. The molecular formula is C20H17NO4. The van der Waals surface area contributed by atoms with Gasteiger partial charge in [0.05, 0.1) is 17.7 Å². The first-order chi connectivity index (χ1) is 12.6. The van der Waals surface area contributed by atoms with Gasteiger partial charge in [-0.05, 0) is 37.6 Å². The fourth-order valence-corrected chi connectivity index (χ4v) is 2.67. The second-order valence-corrected chi connectivity index (χ2v) is 5.49. The summed E-state index contributed by atoms with van der Waals surface area (Å²) in [7, 11) is 0. The molecule has 5 nitrogen and oxygen atoms in total. The third-order valence-electron chi connectivity index (χ3n) is 3.77. The molecule has 25 heavy (non-hydrogen) atoms. The molecule has 2 amide bonds. The Morgan fingerprint density at radius 2 is 1.80 bits per heavy atom. The number of amides is 2. The highest BCUT2D eigenvalue weighted by atomic mass is 16.5. The zero-order valence-electron chi connectivity index (χ0n) is 14.7. The third kappa shape index (κ3) is 3.08. The highest BCUT2D eigenvalue weighted by Crippen LogP contribution is 2.27. The van der Waals surface area contributed by atoms with E-state index in [0.29, 0.717) is 5.56 Å². The predicted molar refractivity (Wildman–Crippen MR) is 92.7 cm³/mol. The summed E-state index contributed by atoms with van der Waals surface area (Å²) in [5, 5.41) is 0. The van der Waals surface area contributed by atoms with Crippen LogP contribution in [0.1, 0.15) is 40.1 Å². The van der Waals surface area contributed by atoms with Gasteiger partial charge in [0.15, 0.2) is 0 Å². The summed E-state index contributed by atoms with van der Waals surface area (Å²) in [6.07, 6.45) is 1.44. The molecule has 0 radical (unpaired) electrons. The van der Waals surface area contributed by atoms with Crippen molar-refractivity contribution >= 4 is 23.9 Å². The molecule has 1 heterocycles. The van der Waals surface area contributed by atoms with Crippen molar-refractivity contribution in [2.24, 2.45) is 0 Å². The highest BCUT2D eigenvalue weighted by Gasteiger charge is 2.40. The van der Waals surface area contributed by atoms with Gasteiger partial charge in [0.2, 0.25) is 0 Å². The van der Waals surface area contributed by atoms with E-state index in [-0.39, 0.29) is 30.3 Å². The normalized spacial score (nSPS) is 14.4. The van der Waals surface area contributed by atoms with E-state index in [1.807, 2.05) is 0 Å². The van der Waals surface area contributed by atoms with E-state index in [2.05, 4.69) is 0 Å². The summed E-state index contributed by atoms with van der Waals surface area (Å²) in [4.78, 5) is 38.7. The standard InChI is InChI=1S/C20H17NO4/c1-3-25-20(24)17(12-14-8-6-7-13(2)11-14)21-18(22)15-9-4-5-10-16(15)19(21)23/h4-12H,3H2,1-2H3/b17-12-/i2T. The van der Waals surface area contributed by atoms with Crippen molar-refractivity contribution in [3.8, 4) is 0 Å². The Labute approximate surface area is 146 Å². The lowest BCUT2D eigenvalue weighted by Gasteiger charge is -2.17. The van der Waals surface area contributed by atoms with Crippen molar-refractivity contribution in [2.45, 2.75) is 13.8 Å². The predicted octanol–water partition coefficient (Wildman–Crippen LogP) is 3.20. The summed E-state index contributed by atoms with van der Waals surface area (Å²) < 4.78 is 12.5. The Morgan fingerprint density at radius 3 is 2.40 bits per heavy atom. The Bertz CT molecular complexity index is 885. The molecular weight excluding hydrogens is 318 g/mol. The number of aryl methyl sites for hydroxylation is 1. The van der Waals surface area contributed by atoms with Crippen LogP contribution in [0.15, 0.2) is 54.2 Å². The number of imide groups is 1. The van der Waals surface area contributed by atoms with Crippen LogP contribution in [0.4, 0.5) is 0 Å². The largest absolute Gasteiger partial charge is 0.461 e. The highest BCUT2D eigenvalue weighted by molar-refractivity contribution is 6.25. The van der Waals surface area contributed by atoms with Gasteiger partial charge in [0, 0.05) is 1.37 Å². The van der Waals surface area contributed by atoms with E-state index >= 15 is 0 Å². The van der Waals surface area contributed by atoms with Gasteiger partial charge in [-0.25, -0.2) is 9.69 Å². The average Bonchev–Trinajstić information content (AvgIpc) is 2.91. The first-order valence-corrected chi connectivity index (χ1v) is 7.81. The molecule has 0 saturated carbocycles. The molecule has 0 aromatic heterocycles. The fourth-order valence-electron chi connectivity index (χ4n) is 2.67. The quantitative estimate of drug-likeness (QED) is 0.488. The third-order valence-corrected chi connectivity index (χ3v) is 3.77. The number of rotatable bonds is 4. The van der Waals surface area contributed by atoms with Crippen molar-refractivity contribution in [1.82, 2.24) is 4.90 Å². The zero-order chi connectivity index (χ0) is 18.7. The zero-order valence-corrected chi connectivity index (χ0v) is 13.7. The van der Waals surface area contributed by atoms with Crippen LogP contribution in [0.25, 0.3) is 6.08 Å². The van der Waals surface area contributed by atoms with Crippen molar-refractivity contribution in [3.63, 3.8) is 0 Å². The Balaban J connectivity index is 2.08. The SMILES string of the molecule is [3H]Cc1cccc(/C=C(/C(=O)OCC)N2C(=O)c3ccccc3C2=O)c1. The van der Waals surface area contributed by atoms with Gasteiger partial charge >= 0.3 is 5.97 Å². The first kappa shape index (κ1) is 15.3. The molecule has 126 valence electrons. The summed E-state index contributed by atoms with van der Waals surface area (Å²) in [5.74, 6) is -1.86. The molecule has 1 aliphatic rings. The van der Waals surface area contributed by atoms with Crippen molar-refractivity contribution in [1.29, 1.82) is 0 Å². The summed E-state index contributed by atoms with van der Waals surface area (Å²) >= 11 is 0. The van der Waals surface area contributed by atoms with Crippen LogP contribution in [-0.2, 0) is 9.53 Å². The fraction of sp³-hybridized carbons (Fsp3) is 0.150. The number of fused-ring (bicyclic) bond motifs is 1. The van der Waals surface area contributed by atoms with Crippen LogP contribution in [0, 0.1) is 6.90 Å². The van der Waals surface area contributed by atoms with Crippen LogP contribution < -0.4 is 0 Å². The second kappa shape index (κ2) is 6.73. The maximum atomic E-state index is 12.7. The molecule has 0 N–H and O–H groups in total. The molecule has 0 atom stereocenters. The topological polar surface area (TPSA) is 63.7 Å². The number of ether oxygens (including phenoxy) is 1.